The van der Waals surface area contributed by atoms with Gasteiger partial charge in [-0.15, -0.1) is 0 Å². The second-order valence-electron chi connectivity index (χ2n) is 7.71. The van der Waals surface area contributed by atoms with Gasteiger partial charge in [0.1, 0.15) is 12.4 Å². The molecule has 0 atom stereocenters. The summed E-state index contributed by atoms with van der Waals surface area (Å²) in [5, 5.41) is 6.25. The molecule has 178 valence electrons. The zero-order valence-electron chi connectivity index (χ0n) is 19.3. The fourth-order valence-corrected chi connectivity index (χ4v) is 3.98. The van der Waals surface area contributed by atoms with Crippen LogP contribution in [0.3, 0.4) is 0 Å². The third-order valence-electron chi connectivity index (χ3n) is 4.77. The van der Waals surface area contributed by atoms with E-state index in [-0.39, 0.29) is 23.3 Å². The molecule has 0 aliphatic heterocycles. The summed E-state index contributed by atoms with van der Waals surface area (Å²) in [4.78, 5) is 33.1. The molecule has 0 bridgehead atoms. The Bertz CT molecular complexity index is 1290. The van der Waals surface area contributed by atoms with E-state index in [0.29, 0.717) is 28.9 Å². The van der Waals surface area contributed by atoms with Crippen LogP contribution in [-0.2, 0) is 11.4 Å². The Morgan fingerprint density at radius 1 is 0.914 bits per heavy atom. The van der Waals surface area contributed by atoms with Gasteiger partial charge in [-0.1, -0.05) is 23.9 Å². The summed E-state index contributed by atoms with van der Waals surface area (Å²) >= 11 is 1.30. The largest absolute Gasteiger partial charge is 0.489 e. The molecule has 0 saturated heterocycles. The predicted octanol–water partition coefficient (Wildman–Crippen LogP) is 5.25. The van der Waals surface area contributed by atoms with Crippen LogP contribution in [0.15, 0.2) is 82.6 Å². The quantitative estimate of drug-likeness (QED) is 0.245. The van der Waals surface area contributed by atoms with Gasteiger partial charge < -0.3 is 19.8 Å². The van der Waals surface area contributed by atoms with E-state index in [0.717, 1.165) is 17.0 Å². The molecule has 0 aliphatic rings. The Kier molecular flexibility index (Phi) is 7.79. The minimum absolute atomic E-state index is 0.136. The maximum Gasteiger partial charge on any atom is 0.291 e. The number of ether oxygens (including phenoxy) is 1. The highest BCUT2D eigenvalue weighted by Crippen LogP contribution is 2.20. The van der Waals surface area contributed by atoms with Gasteiger partial charge in [0.05, 0.1) is 12.0 Å². The van der Waals surface area contributed by atoms with Crippen molar-refractivity contribution in [3.63, 3.8) is 0 Å². The van der Waals surface area contributed by atoms with E-state index >= 15 is 0 Å². The minimum Gasteiger partial charge on any atom is -0.489 e. The van der Waals surface area contributed by atoms with Gasteiger partial charge in [-0.2, -0.15) is 0 Å². The normalized spacial score (nSPS) is 10.6. The molecule has 0 spiro atoms. The average Bonchev–Trinajstić information content (AvgIpc) is 3.37. The molecule has 35 heavy (non-hydrogen) atoms. The van der Waals surface area contributed by atoms with E-state index in [2.05, 4.69) is 20.6 Å². The Morgan fingerprint density at radius 2 is 1.69 bits per heavy atom. The molecule has 4 aromatic rings. The lowest BCUT2D eigenvalue weighted by Gasteiger charge is -2.10. The third kappa shape index (κ3) is 7.18. The number of amides is 2. The Balaban J connectivity index is 1.26. The van der Waals surface area contributed by atoms with Crippen LogP contribution in [0.2, 0.25) is 0 Å². The van der Waals surface area contributed by atoms with Crippen molar-refractivity contribution < 1.29 is 18.7 Å². The molecular weight excluding hydrogens is 464 g/mol. The second kappa shape index (κ2) is 11.3. The predicted molar refractivity (Wildman–Crippen MR) is 135 cm³/mol. The van der Waals surface area contributed by atoms with Crippen molar-refractivity contribution in [1.82, 2.24) is 9.97 Å². The number of carbonyl (C=O) groups is 2. The van der Waals surface area contributed by atoms with Gasteiger partial charge in [0.25, 0.3) is 5.91 Å². The Hall–Kier alpha value is -4.11. The molecule has 0 saturated carbocycles. The van der Waals surface area contributed by atoms with E-state index in [4.69, 9.17) is 9.15 Å². The van der Waals surface area contributed by atoms with E-state index in [1.54, 1.807) is 36.4 Å². The molecule has 2 amide bonds. The molecule has 8 nitrogen and oxygen atoms in total. The summed E-state index contributed by atoms with van der Waals surface area (Å²) in [6.45, 7) is 4.13. The summed E-state index contributed by atoms with van der Waals surface area (Å²) in [5.41, 5.74) is 3.98. The number of benzene rings is 2. The second-order valence-corrected chi connectivity index (χ2v) is 8.66. The monoisotopic (exact) mass is 488 g/mol. The van der Waals surface area contributed by atoms with Crippen LogP contribution in [-0.4, -0.2) is 27.5 Å². The number of nitrogens with one attached hydrogen (secondary N) is 2. The van der Waals surface area contributed by atoms with Crippen molar-refractivity contribution in [2.75, 3.05) is 16.4 Å². The molecular formula is C26H24N4O4S. The number of hydrogen-bond acceptors (Lipinski definition) is 7. The number of aryl methyl sites for hydroxylation is 2. The summed E-state index contributed by atoms with van der Waals surface area (Å²) in [6.07, 6.45) is 1.45. The average molecular weight is 489 g/mol. The number of thioether (sulfide) groups is 1. The van der Waals surface area contributed by atoms with Crippen molar-refractivity contribution >= 4 is 35.0 Å². The van der Waals surface area contributed by atoms with Gasteiger partial charge in [0.2, 0.25) is 5.91 Å². The zero-order valence-corrected chi connectivity index (χ0v) is 20.1. The van der Waals surface area contributed by atoms with Crippen molar-refractivity contribution in [2.45, 2.75) is 25.6 Å². The lowest BCUT2D eigenvalue weighted by Crippen LogP contribution is -2.14. The van der Waals surface area contributed by atoms with Crippen LogP contribution in [0.25, 0.3) is 0 Å². The van der Waals surface area contributed by atoms with Gasteiger partial charge in [-0.3, -0.25) is 9.59 Å². The number of rotatable bonds is 9. The first-order valence-electron chi connectivity index (χ1n) is 10.9. The van der Waals surface area contributed by atoms with Crippen LogP contribution in [0.4, 0.5) is 11.4 Å². The van der Waals surface area contributed by atoms with Gasteiger partial charge in [0.15, 0.2) is 10.9 Å². The van der Waals surface area contributed by atoms with Crippen molar-refractivity contribution in [3.8, 4) is 5.75 Å². The highest BCUT2D eigenvalue weighted by atomic mass is 32.2. The van der Waals surface area contributed by atoms with E-state index in [9.17, 15) is 9.59 Å². The summed E-state index contributed by atoms with van der Waals surface area (Å²) in [5.74, 6) is 0.659. The van der Waals surface area contributed by atoms with Crippen molar-refractivity contribution in [2.24, 2.45) is 0 Å². The van der Waals surface area contributed by atoms with Gasteiger partial charge in [-0.25, -0.2) is 9.97 Å². The van der Waals surface area contributed by atoms with Gasteiger partial charge >= 0.3 is 0 Å². The molecule has 0 aliphatic carbocycles. The molecule has 0 fully saturated rings. The van der Waals surface area contributed by atoms with Crippen LogP contribution >= 0.6 is 11.8 Å². The fourth-order valence-electron chi connectivity index (χ4n) is 3.23. The number of furan rings is 1. The lowest BCUT2D eigenvalue weighted by atomic mass is 10.2. The van der Waals surface area contributed by atoms with Crippen molar-refractivity contribution in [1.29, 1.82) is 0 Å². The first-order valence-corrected chi connectivity index (χ1v) is 11.8. The minimum atomic E-state index is -0.317. The van der Waals surface area contributed by atoms with Crippen LogP contribution in [0.1, 0.15) is 27.5 Å². The molecule has 2 heterocycles. The summed E-state index contributed by atoms with van der Waals surface area (Å²) in [7, 11) is 0. The zero-order chi connectivity index (χ0) is 24.6. The van der Waals surface area contributed by atoms with Crippen molar-refractivity contribution in [3.05, 3.63) is 95.7 Å². The fraction of sp³-hybridized carbons (Fsp3) is 0.154. The molecule has 2 aromatic carbocycles. The highest BCUT2D eigenvalue weighted by Gasteiger charge is 2.09. The molecule has 4 rings (SSSR count). The lowest BCUT2D eigenvalue weighted by molar-refractivity contribution is -0.113. The SMILES string of the molecule is Cc1cc(C)nc(SCC(=O)Nc2cccc(COc3ccc(NC(=O)c4ccco4)cc3)c2)n1. The van der Waals surface area contributed by atoms with Crippen LogP contribution < -0.4 is 15.4 Å². The topological polar surface area (TPSA) is 106 Å². The number of aromatic nitrogens is 2. The standard InChI is InChI=1S/C26H24N4O4S/c1-17-13-18(2)28-26(27-17)35-16-24(31)29-21-6-3-5-19(14-21)15-34-22-10-8-20(9-11-22)30-25(32)23-7-4-12-33-23/h3-14H,15-16H2,1-2H3,(H,29,31)(H,30,32). The number of carbonyl (C=O) groups excluding carboxylic acids is 2. The third-order valence-corrected chi connectivity index (χ3v) is 5.61. The van der Waals surface area contributed by atoms with E-state index < -0.39 is 0 Å². The van der Waals surface area contributed by atoms with Gasteiger partial charge in [-0.05, 0) is 74.0 Å². The maximum absolute atomic E-state index is 12.4. The number of hydrogen-bond donors (Lipinski definition) is 2. The molecule has 9 heteroatoms. The maximum atomic E-state index is 12.4. The Labute approximate surface area is 207 Å². The van der Waals surface area contributed by atoms with E-state index in [1.165, 1.54) is 18.0 Å². The molecule has 2 N–H and O–H groups in total. The molecule has 2 aromatic heterocycles. The van der Waals surface area contributed by atoms with Crippen LogP contribution in [0.5, 0.6) is 5.75 Å². The number of anilines is 2. The smallest absolute Gasteiger partial charge is 0.291 e. The van der Waals surface area contributed by atoms with E-state index in [1.807, 2.05) is 44.2 Å². The first kappa shape index (κ1) is 24.0. The van der Waals surface area contributed by atoms with Crippen LogP contribution in [0, 0.1) is 13.8 Å². The first-order chi connectivity index (χ1) is 16.9. The molecule has 0 unspecified atom stereocenters. The Morgan fingerprint density at radius 3 is 2.40 bits per heavy atom. The summed E-state index contributed by atoms with van der Waals surface area (Å²) < 4.78 is 10.9. The summed E-state index contributed by atoms with van der Waals surface area (Å²) in [6, 6.07) is 19.7. The highest BCUT2D eigenvalue weighted by molar-refractivity contribution is 7.99. The number of nitrogens with zero attached hydrogens (tertiary/aromatic N) is 2. The van der Waals surface area contributed by atoms with Gasteiger partial charge in [0, 0.05) is 22.8 Å². The molecule has 0 radical (unpaired) electrons.